The van der Waals surface area contributed by atoms with Crippen LogP contribution >= 0.6 is 11.6 Å². The van der Waals surface area contributed by atoms with Gasteiger partial charge in [-0.05, 0) is 37.1 Å². The van der Waals surface area contributed by atoms with E-state index in [1.165, 1.54) is 0 Å². The van der Waals surface area contributed by atoms with Gasteiger partial charge in [0.05, 0.1) is 29.6 Å². The van der Waals surface area contributed by atoms with E-state index in [9.17, 15) is 4.79 Å². The summed E-state index contributed by atoms with van der Waals surface area (Å²) in [6, 6.07) is 11.2. The van der Waals surface area contributed by atoms with Gasteiger partial charge >= 0.3 is 0 Å². The van der Waals surface area contributed by atoms with Gasteiger partial charge in [-0.2, -0.15) is 5.10 Å². The van der Waals surface area contributed by atoms with Gasteiger partial charge in [0.25, 0.3) is 5.91 Å². The zero-order valence-electron chi connectivity index (χ0n) is 16.1. The number of nitrogens with one attached hydrogen (secondary N) is 1. The van der Waals surface area contributed by atoms with Crippen molar-refractivity contribution in [1.29, 1.82) is 0 Å². The van der Waals surface area contributed by atoms with E-state index >= 15 is 0 Å². The van der Waals surface area contributed by atoms with Gasteiger partial charge in [0.1, 0.15) is 17.1 Å². The van der Waals surface area contributed by atoms with Gasteiger partial charge in [0.2, 0.25) is 0 Å². The van der Waals surface area contributed by atoms with E-state index in [4.69, 9.17) is 16.0 Å². The summed E-state index contributed by atoms with van der Waals surface area (Å²) in [6.07, 6.45) is 1.18. The summed E-state index contributed by atoms with van der Waals surface area (Å²) < 4.78 is 7.31. The lowest BCUT2D eigenvalue weighted by Crippen LogP contribution is -2.42. The highest BCUT2D eigenvalue weighted by Gasteiger charge is 2.36. The van der Waals surface area contributed by atoms with Crippen LogP contribution in [0.15, 0.2) is 47.1 Å². The number of furan rings is 1. The summed E-state index contributed by atoms with van der Waals surface area (Å²) in [5.41, 5.74) is 3.05. The summed E-state index contributed by atoms with van der Waals surface area (Å²) in [5, 5.41) is 8.66. The lowest BCUT2D eigenvalue weighted by atomic mass is 10.0. The average molecular weight is 399 g/mol. The zero-order valence-corrected chi connectivity index (χ0v) is 16.9. The molecule has 7 heteroatoms. The van der Waals surface area contributed by atoms with Crippen molar-refractivity contribution in [3.8, 4) is 0 Å². The Bertz CT molecular complexity index is 994. The van der Waals surface area contributed by atoms with Crippen molar-refractivity contribution in [3.05, 3.63) is 70.4 Å². The fourth-order valence-electron chi connectivity index (χ4n) is 3.60. The highest BCUT2D eigenvalue weighted by molar-refractivity contribution is 6.30. The topological polar surface area (TPSA) is 63.3 Å². The zero-order chi connectivity index (χ0) is 19.8. The first-order valence-electron chi connectivity index (χ1n) is 9.37. The molecule has 6 nitrogen and oxygen atoms in total. The molecule has 4 rings (SSSR count). The van der Waals surface area contributed by atoms with Crippen LogP contribution in [0.25, 0.3) is 0 Å². The van der Waals surface area contributed by atoms with Crippen LogP contribution in [-0.4, -0.2) is 20.6 Å². The normalized spacial score (nSPS) is 16.4. The molecule has 0 bridgehead atoms. The van der Waals surface area contributed by atoms with E-state index in [2.05, 4.69) is 24.3 Å². The van der Waals surface area contributed by atoms with Crippen LogP contribution in [0.2, 0.25) is 5.15 Å². The lowest BCUT2D eigenvalue weighted by molar-refractivity contribution is 0.0651. The Labute approximate surface area is 169 Å². The Morgan fingerprint density at radius 3 is 2.75 bits per heavy atom. The molecule has 3 heterocycles. The Kier molecular flexibility index (Phi) is 4.89. The van der Waals surface area contributed by atoms with Gasteiger partial charge in [-0.25, -0.2) is 0 Å². The smallest absolute Gasteiger partial charge is 0.258 e. The van der Waals surface area contributed by atoms with Crippen LogP contribution < -0.4 is 5.32 Å². The maximum Gasteiger partial charge on any atom is 0.258 e. The first-order chi connectivity index (χ1) is 13.5. The number of amides is 1. The predicted octanol–water partition coefficient (Wildman–Crippen LogP) is 4.86. The third kappa shape index (κ3) is 3.29. The summed E-state index contributed by atoms with van der Waals surface area (Å²) in [6.45, 7) is 7.22. The molecule has 0 fully saturated rings. The molecule has 1 aliphatic rings. The minimum Gasteiger partial charge on any atom is -0.467 e. The number of para-hydroxylation sites is 1. The molecule has 1 amide bonds. The molecule has 0 unspecified atom stereocenters. The summed E-state index contributed by atoms with van der Waals surface area (Å²) in [7, 11) is 0. The number of carbonyl (C=O) groups is 1. The van der Waals surface area contributed by atoms with Crippen molar-refractivity contribution in [2.75, 3.05) is 5.32 Å². The third-order valence-corrected chi connectivity index (χ3v) is 5.25. The van der Waals surface area contributed by atoms with Crippen LogP contribution in [0.1, 0.15) is 47.4 Å². The molecule has 0 aliphatic carbocycles. The van der Waals surface area contributed by atoms with Gasteiger partial charge in [-0.1, -0.05) is 37.6 Å². The van der Waals surface area contributed by atoms with Crippen LogP contribution in [0.5, 0.6) is 0 Å². The van der Waals surface area contributed by atoms with E-state index in [1.54, 1.807) is 11.2 Å². The first kappa shape index (κ1) is 18.6. The standard InChI is InChI=1S/C21H23ClN4O2/c1-13(2)11-26-19(22)18(14(3)24-26)20-23-17-9-5-4-8-16(17)21(27)25(20)12-15-7-6-10-28-15/h4-10,13,20,23H,11-12H2,1-3H3/t20-/m1/s1. The monoisotopic (exact) mass is 398 g/mol. The quantitative estimate of drug-likeness (QED) is 0.666. The van der Waals surface area contributed by atoms with Gasteiger partial charge in [-0.3, -0.25) is 9.48 Å². The number of hydrogen-bond donors (Lipinski definition) is 1. The van der Waals surface area contributed by atoms with E-state index < -0.39 is 6.17 Å². The lowest BCUT2D eigenvalue weighted by Gasteiger charge is -2.37. The summed E-state index contributed by atoms with van der Waals surface area (Å²) in [4.78, 5) is 15.1. The molecule has 0 saturated heterocycles. The van der Waals surface area contributed by atoms with E-state index in [1.807, 2.05) is 48.0 Å². The van der Waals surface area contributed by atoms with Gasteiger partial charge in [-0.15, -0.1) is 0 Å². The second-order valence-electron chi connectivity index (χ2n) is 7.47. The molecule has 146 valence electrons. The van der Waals surface area contributed by atoms with E-state index in [0.29, 0.717) is 28.9 Å². The number of hydrogen-bond acceptors (Lipinski definition) is 4. The highest BCUT2D eigenvalue weighted by atomic mass is 35.5. The van der Waals surface area contributed by atoms with E-state index in [0.717, 1.165) is 23.5 Å². The van der Waals surface area contributed by atoms with Crippen molar-refractivity contribution in [1.82, 2.24) is 14.7 Å². The number of aryl methyl sites for hydroxylation is 1. The number of anilines is 1. The van der Waals surface area contributed by atoms with Crippen LogP contribution in [-0.2, 0) is 13.1 Å². The largest absolute Gasteiger partial charge is 0.467 e. The Morgan fingerprint density at radius 2 is 2.04 bits per heavy atom. The van der Waals surface area contributed by atoms with Gasteiger partial charge in [0.15, 0.2) is 0 Å². The molecule has 0 radical (unpaired) electrons. The first-order valence-corrected chi connectivity index (χ1v) is 9.75. The predicted molar refractivity (Wildman–Crippen MR) is 108 cm³/mol. The van der Waals surface area contributed by atoms with Crippen molar-refractivity contribution in [2.24, 2.45) is 5.92 Å². The Hall–Kier alpha value is -2.73. The molecule has 3 aromatic rings. The van der Waals surface area contributed by atoms with Crippen LogP contribution in [0.4, 0.5) is 5.69 Å². The number of rotatable bonds is 5. The van der Waals surface area contributed by atoms with Gasteiger partial charge in [0, 0.05) is 12.2 Å². The second-order valence-corrected chi connectivity index (χ2v) is 7.83. The number of carbonyl (C=O) groups excluding carboxylic acids is 1. The van der Waals surface area contributed by atoms with Crippen molar-refractivity contribution >= 4 is 23.2 Å². The molecule has 1 atom stereocenters. The number of aromatic nitrogens is 2. The van der Waals surface area contributed by atoms with Crippen molar-refractivity contribution in [3.63, 3.8) is 0 Å². The molecule has 1 aliphatic heterocycles. The minimum absolute atomic E-state index is 0.0668. The number of halogens is 1. The van der Waals surface area contributed by atoms with Crippen LogP contribution in [0, 0.1) is 12.8 Å². The number of nitrogens with zero attached hydrogens (tertiary/aromatic N) is 3. The highest BCUT2D eigenvalue weighted by Crippen LogP contribution is 2.38. The molecular weight excluding hydrogens is 376 g/mol. The fraction of sp³-hybridized carbons (Fsp3) is 0.333. The fourth-order valence-corrected chi connectivity index (χ4v) is 3.95. The molecule has 0 saturated carbocycles. The van der Waals surface area contributed by atoms with Crippen molar-refractivity contribution in [2.45, 2.75) is 40.0 Å². The Balaban J connectivity index is 1.79. The summed E-state index contributed by atoms with van der Waals surface area (Å²) >= 11 is 6.73. The third-order valence-electron chi connectivity index (χ3n) is 4.85. The maximum atomic E-state index is 13.3. The molecule has 1 aromatic carbocycles. The van der Waals surface area contributed by atoms with Crippen molar-refractivity contribution < 1.29 is 9.21 Å². The van der Waals surface area contributed by atoms with Gasteiger partial charge < -0.3 is 14.6 Å². The van der Waals surface area contributed by atoms with E-state index in [-0.39, 0.29) is 5.91 Å². The minimum atomic E-state index is -0.430. The second kappa shape index (κ2) is 7.36. The molecule has 0 spiro atoms. The Morgan fingerprint density at radius 1 is 1.25 bits per heavy atom. The maximum absolute atomic E-state index is 13.3. The van der Waals surface area contributed by atoms with Crippen LogP contribution in [0.3, 0.4) is 0 Å². The SMILES string of the molecule is Cc1nn(CC(C)C)c(Cl)c1[C@@H]1Nc2ccccc2C(=O)N1Cc1ccco1. The summed E-state index contributed by atoms with van der Waals surface area (Å²) in [5.74, 6) is 1.05. The molecule has 1 N–H and O–H groups in total. The molecule has 2 aromatic heterocycles. The number of fused-ring (bicyclic) bond motifs is 1. The average Bonchev–Trinajstić information content (AvgIpc) is 3.26. The molecule has 28 heavy (non-hydrogen) atoms. The number of benzene rings is 1. The molecular formula is C21H23ClN4O2.